The van der Waals surface area contributed by atoms with Crippen molar-refractivity contribution in [2.24, 2.45) is 4.99 Å². The second-order valence-corrected chi connectivity index (χ2v) is 6.45. The molecule has 3 amide bonds. The first-order chi connectivity index (χ1) is 12.1. The quantitative estimate of drug-likeness (QED) is 0.128. The molecule has 0 unspecified atom stereocenters. The van der Waals surface area contributed by atoms with Crippen molar-refractivity contribution in [1.29, 1.82) is 0 Å². The molecule has 0 spiro atoms. The molecule has 0 atom stereocenters. The Morgan fingerprint density at radius 1 is 1.27 bits per heavy atom. The Kier molecular flexibility index (Phi) is 10.3. The molecule has 1 heterocycles. The van der Waals surface area contributed by atoms with Crippen molar-refractivity contribution in [3.05, 3.63) is 30.1 Å². The average Bonchev–Trinajstić information content (AvgIpc) is 2.93. The lowest BCUT2D eigenvalue weighted by Crippen LogP contribution is -2.43. The van der Waals surface area contributed by atoms with Crippen LogP contribution in [0.2, 0.25) is 0 Å². The third-order valence-corrected chi connectivity index (χ3v) is 4.58. The Morgan fingerprint density at radius 2 is 1.96 bits per heavy atom. The van der Waals surface area contributed by atoms with Gasteiger partial charge in [0.05, 0.1) is 6.54 Å². The number of hydrogen-bond acceptors (Lipinski definition) is 4. The van der Waals surface area contributed by atoms with Gasteiger partial charge in [0.2, 0.25) is 5.91 Å². The molecule has 1 aromatic rings. The highest BCUT2D eigenvalue weighted by Gasteiger charge is 2.27. The Bertz CT molecular complexity index is 614. The lowest BCUT2D eigenvalue weighted by atomic mass is 10.4. The third-order valence-electron chi connectivity index (χ3n) is 3.48. The van der Waals surface area contributed by atoms with Gasteiger partial charge in [-0.2, -0.15) is 0 Å². The number of guanidine groups is 1. The van der Waals surface area contributed by atoms with E-state index in [1.807, 2.05) is 0 Å². The molecule has 1 aromatic carbocycles. The number of aliphatic imine (C=N–C) groups is 1. The summed E-state index contributed by atoms with van der Waals surface area (Å²) >= 11 is 1.67. The number of benzene rings is 1. The zero-order chi connectivity index (χ0) is 18.1. The first-order valence-corrected chi connectivity index (χ1v) is 9.00. The SMILES string of the molecule is CN=C(NCCCSc1ccc(F)cc1)NCCN1C(=O)CNC1=O.I. The second kappa shape index (κ2) is 11.9. The fourth-order valence-corrected chi connectivity index (χ4v) is 3.04. The third kappa shape index (κ3) is 7.36. The highest BCUT2D eigenvalue weighted by Crippen LogP contribution is 2.18. The summed E-state index contributed by atoms with van der Waals surface area (Å²) in [4.78, 5) is 29.2. The number of halogens is 2. The molecule has 1 aliphatic rings. The Balaban J connectivity index is 0.00000338. The van der Waals surface area contributed by atoms with E-state index < -0.39 is 0 Å². The van der Waals surface area contributed by atoms with Crippen molar-refractivity contribution < 1.29 is 14.0 Å². The van der Waals surface area contributed by atoms with Gasteiger partial charge in [-0.25, -0.2) is 9.18 Å². The minimum absolute atomic E-state index is 0. The van der Waals surface area contributed by atoms with Crippen LogP contribution in [0.3, 0.4) is 0 Å². The van der Waals surface area contributed by atoms with Gasteiger partial charge in [0, 0.05) is 31.6 Å². The van der Waals surface area contributed by atoms with Crippen LogP contribution < -0.4 is 16.0 Å². The molecule has 10 heteroatoms. The van der Waals surface area contributed by atoms with Crippen LogP contribution in [0, 0.1) is 5.82 Å². The zero-order valence-electron chi connectivity index (χ0n) is 14.5. The first-order valence-electron chi connectivity index (χ1n) is 8.01. The van der Waals surface area contributed by atoms with Crippen molar-refractivity contribution in [3.8, 4) is 0 Å². The van der Waals surface area contributed by atoms with Crippen LogP contribution >= 0.6 is 35.7 Å². The van der Waals surface area contributed by atoms with Gasteiger partial charge < -0.3 is 16.0 Å². The minimum atomic E-state index is -0.354. The first kappa shape index (κ1) is 22.5. The van der Waals surface area contributed by atoms with Gasteiger partial charge in [0.25, 0.3) is 0 Å². The number of nitrogens with one attached hydrogen (secondary N) is 3. The van der Waals surface area contributed by atoms with Crippen molar-refractivity contribution >= 4 is 53.6 Å². The molecule has 0 radical (unpaired) electrons. The number of rotatable bonds is 8. The number of nitrogens with zero attached hydrogens (tertiary/aromatic N) is 2. The number of urea groups is 1. The zero-order valence-corrected chi connectivity index (χ0v) is 17.6. The topological polar surface area (TPSA) is 85.8 Å². The molecule has 144 valence electrons. The minimum Gasteiger partial charge on any atom is -0.356 e. The number of hydrogen-bond donors (Lipinski definition) is 3. The molecule has 0 saturated carbocycles. The van der Waals surface area contributed by atoms with Gasteiger partial charge in [0.15, 0.2) is 5.96 Å². The van der Waals surface area contributed by atoms with E-state index in [-0.39, 0.29) is 48.3 Å². The van der Waals surface area contributed by atoms with E-state index in [2.05, 4.69) is 20.9 Å². The van der Waals surface area contributed by atoms with E-state index in [0.29, 0.717) is 19.0 Å². The van der Waals surface area contributed by atoms with Gasteiger partial charge >= 0.3 is 6.03 Å². The summed E-state index contributed by atoms with van der Waals surface area (Å²) in [6.45, 7) is 1.53. The summed E-state index contributed by atoms with van der Waals surface area (Å²) < 4.78 is 12.8. The van der Waals surface area contributed by atoms with Crippen LogP contribution in [0.1, 0.15) is 6.42 Å². The molecule has 3 N–H and O–H groups in total. The maximum Gasteiger partial charge on any atom is 0.324 e. The molecule has 0 aromatic heterocycles. The van der Waals surface area contributed by atoms with E-state index in [1.54, 1.807) is 30.9 Å². The monoisotopic (exact) mass is 495 g/mol. The lowest BCUT2D eigenvalue weighted by Gasteiger charge is -2.15. The number of carbonyl (C=O) groups is 2. The van der Waals surface area contributed by atoms with Gasteiger partial charge in [-0.15, -0.1) is 35.7 Å². The van der Waals surface area contributed by atoms with E-state index in [4.69, 9.17) is 0 Å². The highest BCUT2D eigenvalue weighted by atomic mass is 127. The molecule has 0 bridgehead atoms. The van der Waals surface area contributed by atoms with Gasteiger partial charge in [-0.05, 0) is 36.4 Å². The summed E-state index contributed by atoms with van der Waals surface area (Å²) in [7, 11) is 1.66. The molecule has 1 fully saturated rings. The lowest BCUT2D eigenvalue weighted by molar-refractivity contribution is -0.124. The smallest absolute Gasteiger partial charge is 0.324 e. The fraction of sp³-hybridized carbons (Fsp3) is 0.438. The molecule has 7 nitrogen and oxygen atoms in total. The summed E-state index contributed by atoms with van der Waals surface area (Å²) in [5.41, 5.74) is 0. The van der Waals surface area contributed by atoms with Gasteiger partial charge in [-0.3, -0.25) is 14.7 Å². The maximum atomic E-state index is 12.8. The van der Waals surface area contributed by atoms with Crippen LogP contribution in [-0.4, -0.2) is 61.8 Å². The normalized spacial score (nSPS) is 14.1. The van der Waals surface area contributed by atoms with Crippen molar-refractivity contribution in [1.82, 2.24) is 20.9 Å². The van der Waals surface area contributed by atoms with Crippen LogP contribution in [0.15, 0.2) is 34.2 Å². The number of amides is 3. The summed E-state index contributed by atoms with van der Waals surface area (Å²) in [6.07, 6.45) is 0.912. The maximum absolute atomic E-state index is 12.8. The van der Waals surface area contributed by atoms with Crippen molar-refractivity contribution in [2.75, 3.05) is 39.0 Å². The molecule has 1 saturated heterocycles. The van der Waals surface area contributed by atoms with Gasteiger partial charge in [0.1, 0.15) is 5.82 Å². The summed E-state index contributed by atoms with van der Waals surface area (Å²) in [5.74, 6) is 1.08. The molecule has 26 heavy (non-hydrogen) atoms. The fourth-order valence-electron chi connectivity index (χ4n) is 2.19. The van der Waals surface area contributed by atoms with E-state index in [0.717, 1.165) is 23.6 Å². The summed E-state index contributed by atoms with van der Waals surface area (Å²) in [6, 6.07) is 6.09. The van der Waals surface area contributed by atoms with Crippen LogP contribution in [-0.2, 0) is 4.79 Å². The van der Waals surface area contributed by atoms with Crippen LogP contribution in [0.4, 0.5) is 9.18 Å². The Morgan fingerprint density at radius 3 is 2.58 bits per heavy atom. The largest absolute Gasteiger partial charge is 0.356 e. The predicted molar refractivity (Wildman–Crippen MR) is 112 cm³/mol. The van der Waals surface area contributed by atoms with E-state index in [1.165, 1.54) is 17.0 Å². The number of thioether (sulfide) groups is 1. The van der Waals surface area contributed by atoms with E-state index >= 15 is 0 Å². The van der Waals surface area contributed by atoms with Crippen LogP contribution in [0.25, 0.3) is 0 Å². The van der Waals surface area contributed by atoms with Crippen molar-refractivity contribution in [3.63, 3.8) is 0 Å². The Labute approximate surface area is 173 Å². The molecular formula is C16H23FIN5O2S. The second-order valence-electron chi connectivity index (χ2n) is 5.29. The van der Waals surface area contributed by atoms with Crippen molar-refractivity contribution in [2.45, 2.75) is 11.3 Å². The molecule has 0 aliphatic carbocycles. The Hall–Kier alpha value is -1.56. The molecular weight excluding hydrogens is 472 g/mol. The van der Waals surface area contributed by atoms with E-state index in [9.17, 15) is 14.0 Å². The summed E-state index contributed by atoms with van der Waals surface area (Å²) in [5, 5.41) is 8.72. The molecule has 2 rings (SSSR count). The average molecular weight is 495 g/mol. The predicted octanol–water partition coefficient (Wildman–Crippen LogP) is 1.64. The number of imide groups is 1. The highest BCUT2D eigenvalue weighted by molar-refractivity contribution is 14.0. The van der Waals surface area contributed by atoms with Crippen LogP contribution in [0.5, 0.6) is 0 Å². The number of carbonyl (C=O) groups excluding carboxylic acids is 2. The van der Waals surface area contributed by atoms with Gasteiger partial charge in [-0.1, -0.05) is 0 Å². The molecule has 1 aliphatic heterocycles. The standard InChI is InChI=1S/C16H22FN5O2S.HI/c1-18-15(20-8-9-22-14(23)11-21-16(22)24)19-7-2-10-25-13-5-3-12(17)4-6-13;/h3-6H,2,7-11H2,1H3,(H,21,24)(H2,18,19,20);1H.